The number of carbonyl (C=O) groups is 1. The molecular weight excluding hydrogens is 371 g/mol. The van der Waals surface area contributed by atoms with Crippen LogP contribution in [0, 0.1) is 11.7 Å². The molecule has 0 saturated heterocycles. The molecule has 1 aromatic carbocycles. The Morgan fingerprint density at radius 1 is 1.41 bits per heavy atom. The third-order valence-electron chi connectivity index (χ3n) is 4.41. The molecule has 2 aromatic rings. The Morgan fingerprint density at radius 3 is 2.89 bits per heavy atom. The predicted molar refractivity (Wildman–Crippen MR) is 102 cm³/mol. The van der Waals surface area contributed by atoms with E-state index in [0.717, 1.165) is 12.8 Å². The van der Waals surface area contributed by atoms with Gasteiger partial charge in [0.25, 0.3) is 5.19 Å². The number of benzene rings is 1. The van der Waals surface area contributed by atoms with Crippen LogP contribution in [0.2, 0.25) is 0 Å². The molecule has 1 N–H and O–H groups in total. The van der Waals surface area contributed by atoms with Crippen molar-refractivity contribution >= 4 is 27.5 Å². The van der Waals surface area contributed by atoms with E-state index in [4.69, 9.17) is 14.2 Å². The molecule has 3 rings (SSSR count). The van der Waals surface area contributed by atoms with Crippen LogP contribution >= 0.6 is 11.3 Å². The van der Waals surface area contributed by atoms with Gasteiger partial charge in [0.1, 0.15) is 0 Å². The molecule has 1 aromatic heterocycles. The number of hydrogen-bond donors (Lipinski definition) is 1. The average molecular weight is 396 g/mol. The summed E-state index contributed by atoms with van der Waals surface area (Å²) in [6.07, 6.45) is 1.94. The summed E-state index contributed by atoms with van der Waals surface area (Å²) in [5.74, 6) is 0.158. The Labute approximate surface area is 162 Å². The lowest BCUT2D eigenvalue weighted by atomic mass is 9.83. The minimum Gasteiger partial charge on any atom is -0.490 e. The number of ether oxygens (including phenoxy) is 3. The van der Waals surface area contributed by atoms with Crippen molar-refractivity contribution in [3.8, 4) is 10.9 Å². The smallest absolute Gasteiger partial charge is 0.274 e. The number of hydrogen-bond acceptors (Lipinski definition) is 6. The molecule has 1 fully saturated rings. The Balaban J connectivity index is 1.45. The van der Waals surface area contributed by atoms with Gasteiger partial charge in [-0.1, -0.05) is 11.3 Å². The fraction of sp³-hybridized carbons (Fsp3) is 0.579. The van der Waals surface area contributed by atoms with Crippen molar-refractivity contribution in [2.24, 2.45) is 5.92 Å². The van der Waals surface area contributed by atoms with Gasteiger partial charge in [0.05, 0.1) is 36.1 Å². The van der Waals surface area contributed by atoms with E-state index >= 15 is 0 Å². The van der Waals surface area contributed by atoms with Gasteiger partial charge in [0.15, 0.2) is 11.6 Å². The van der Waals surface area contributed by atoms with Gasteiger partial charge in [-0.15, -0.1) is 0 Å². The van der Waals surface area contributed by atoms with Crippen LogP contribution in [0.3, 0.4) is 0 Å². The van der Waals surface area contributed by atoms with E-state index in [9.17, 15) is 9.18 Å². The summed E-state index contributed by atoms with van der Waals surface area (Å²) in [6.45, 7) is 6.73. The van der Waals surface area contributed by atoms with E-state index in [2.05, 4.69) is 10.3 Å². The van der Waals surface area contributed by atoms with Crippen LogP contribution in [0.25, 0.3) is 10.2 Å². The topological polar surface area (TPSA) is 69.7 Å². The van der Waals surface area contributed by atoms with Crippen molar-refractivity contribution in [1.29, 1.82) is 0 Å². The van der Waals surface area contributed by atoms with Crippen LogP contribution in [0.4, 0.5) is 4.39 Å². The summed E-state index contributed by atoms with van der Waals surface area (Å²) in [7, 11) is 0. The van der Waals surface area contributed by atoms with Crippen molar-refractivity contribution < 1.29 is 23.4 Å². The lowest BCUT2D eigenvalue weighted by molar-refractivity contribution is -0.120. The maximum atomic E-state index is 14.6. The van der Waals surface area contributed by atoms with Crippen molar-refractivity contribution in [1.82, 2.24) is 10.3 Å². The minimum absolute atomic E-state index is 0.000363. The quantitative estimate of drug-likeness (QED) is 0.702. The number of nitrogens with zero attached hydrogens (tertiary/aromatic N) is 1. The molecule has 0 bridgehead atoms. The number of fused-ring (bicyclic) bond motifs is 1. The highest BCUT2D eigenvalue weighted by Gasteiger charge is 2.31. The van der Waals surface area contributed by atoms with Gasteiger partial charge in [-0.25, -0.2) is 9.37 Å². The van der Waals surface area contributed by atoms with Gasteiger partial charge < -0.3 is 19.5 Å². The average Bonchev–Trinajstić information content (AvgIpc) is 2.98. The van der Waals surface area contributed by atoms with Crippen LogP contribution in [0.5, 0.6) is 10.9 Å². The molecule has 1 atom stereocenters. The molecule has 1 aliphatic rings. The standard InChI is InChI=1S/C19H25FN2O4S/c1-4-24-19-22-15-5-6-16(17(20)18(15)27-19)26-10-13-7-14(8-13)25-9-11(2)21-12(3)23/h5-6,11,13-14H,4,7-10H2,1-3H3,(H,21,23)/t11-,13?,14?/m0/s1. The van der Waals surface area contributed by atoms with E-state index in [1.165, 1.54) is 18.3 Å². The molecule has 1 amide bonds. The van der Waals surface area contributed by atoms with E-state index in [1.807, 2.05) is 13.8 Å². The Kier molecular flexibility index (Phi) is 6.49. The van der Waals surface area contributed by atoms with Gasteiger partial charge in [-0.3, -0.25) is 4.79 Å². The number of rotatable bonds is 9. The van der Waals surface area contributed by atoms with Crippen LogP contribution in [-0.4, -0.2) is 42.9 Å². The van der Waals surface area contributed by atoms with Crippen LogP contribution in [-0.2, 0) is 9.53 Å². The SMILES string of the molecule is CCOc1nc2ccc(OCC3CC(OC[C@H](C)NC(C)=O)C3)c(F)c2s1. The molecule has 1 saturated carbocycles. The largest absolute Gasteiger partial charge is 0.490 e. The maximum Gasteiger partial charge on any atom is 0.274 e. The Morgan fingerprint density at radius 2 is 2.19 bits per heavy atom. The van der Waals surface area contributed by atoms with E-state index < -0.39 is 0 Å². The highest BCUT2D eigenvalue weighted by atomic mass is 32.1. The third-order valence-corrected chi connectivity index (χ3v) is 5.38. The van der Waals surface area contributed by atoms with E-state index in [-0.39, 0.29) is 29.6 Å². The lowest BCUT2D eigenvalue weighted by Crippen LogP contribution is -2.40. The third kappa shape index (κ3) is 5.07. The Bertz CT molecular complexity index is 791. The first kappa shape index (κ1) is 19.8. The van der Waals surface area contributed by atoms with Crippen molar-refractivity contribution in [3.63, 3.8) is 0 Å². The molecular formula is C19H25FN2O4S. The number of thiazole rings is 1. The molecule has 0 radical (unpaired) electrons. The van der Waals surface area contributed by atoms with E-state index in [0.29, 0.717) is 41.1 Å². The molecule has 1 aliphatic carbocycles. The summed E-state index contributed by atoms with van der Waals surface area (Å²) in [5, 5.41) is 3.26. The molecule has 6 nitrogen and oxygen atoms in total. The second-order valence-electron chi connectivity index (χ2n) is 6.84. The number of halogens is 1. The molecule has 1 heterocycles. The molecule has 8 heteroatoms. The minimum atomic E-state index is -0.382. The normalized spacial score (nSPS) is 20.1. The van der Waals surface area contributed by atoms with Gasteiger partial charge in [-0.05, 0) is 44.7 Å². The van der Waals surface area contributed by atoms with Crippen molar-refractivity contribution in [2.75, 3.05) is 19.8 Å². The summed E-state index contributed by atoms with van der Waals surface area (Å²) in [4.78, 5) is 15.2. The van der Waals surface area contributed by atoms with Crippen LogP contribution in [0.1, 0.15) is 33.6 Å². The second kappa shape index (κ2) is 8.84. The number of aromatic nitrogens is 1. The first-order chi connectivity index (χ1) is 13.0. The number of amides is 1. The zero-order chi connectivity index (χ0) is 19.4. The summed E-state index contributed by atoms with van der Waals surface area (Å²) >= 11 is 1.19. The summed E-state index contributed by atoms with van der Waals surface area (Å²) < 4.78 is 31.9. The van der Waals surface area contributed by atoms with Crippen LogP contribution in [0.15, 0.2) is 12.1 Å². The second-order valence-corrected chi connectivity index (χ2v) is 7.81. The first-order valence-electron chi connectivity index (χ1n) is 9.19. The highest BCUT2D eigenvalue weighted by molar-refractivity contribution is 7.20. The summed E-state index contributed by atoms with van der Waals surface area (Å²) in [6, 6.07) is 3.37. The van der Waals surface area contributed by atoms with Gasteiger partial charge in [-0.2, -0.15) is 0 Å². The fourth-order valence-electron chi connectivity index (χ4n) is 3.04. The molecule has 0 spiro atoms. The number of carbonyl (C=O) groups excluding carboxylic acids is 1. The van der Waals surface area contributed by atoms with Crippen LogP contribution < -0.4 is 14.8 Å². The molecule has 27 heavy (non-hydrogen) atoms. The molecule has 0 unspecified atom stereocenters. The highest BCUT2D eigenvalue weighted by Crippen LogP contribution is 2.36. The predicted octanol–water partition coefficient (Wildman–Crippen LogP) is 3.53. The van der Waals surface area contributed by atoms with Gasteiger partial charge in [0, 0.05) is 13.0 Å². The van der Waals surface area contributed by atoms with Crippen molar-refractivity contribution in [3.05, 3.63) is 17.9 Å². The monoisotopic (exact) mass is 396 g/mol. The molecule has 0 aliphatic heterocycles. The van der Waals surface area contributed by atoms with Crippen molar-refractivity contribution in [2.45, 2.75) is 45.8 Å². The number of nitrogens with one attached hydrogen (secondary N) is 1. The van der Waals surface area contributed by atoms with Gasteiger partial charge in [0.2, 0.25) is 5.91 Å². The Hall–Kier alpha value is -1.93. The molecule has 148 valence electrons. The lowest BCUT2D eigenvalue weighted by Gasteiger charge is -2.35. The zero-order valence-corrected chi connectivity index (χ0v) is 16.6. The zero-order valence-electron chi connectivity index (χ0n) is 15.8. The maximum absolute atomic E-state index is 14.6. The van der Waals surface area contributed by atoms with Gasteiger partial charge >= 0.3 is 0 Å². The summed E-state index contributed by atoms with van der Waals surface area (Å²) in [5.41, 5.74) is 0.582. The first-order valence-corrected chi connectivity index (χ1v) is 10.0. The fourth-order valence-corrected chi connectivity index (χ4v) is 3.95. The van der Waals surface area contributed by atoms with E-state index in [1.54, 1.807) is 12.1 Å².